The summed E-state index contributed by atoms with van der Waals surface area (Å²) in [7, 11) is 0. The van der Waals surface area contributed by atoms with E-state index in [1.807, 2.05) is 41.8 Å². The maximum atomic E-state index is 13.3. The molecule has 31 heavy (non-hydrogen) atoms. The third-order valence-corrected chi connectivity index (χ3v) is 4.83. The van der Waals surface area contributed by atoms with E-state index in [0.29, 0.717) is 5.75 Å². The Morgan fingerprint density at radius 3 is 2.61 bits per heavy atom. The van der Waals surface area contributed by atoms with Gasteiger partial charge in [-0.2, -0.15) is 8.78 Å². The van der Waals surface area contributed by atoms with Gasteiger partial charge in [0, 0.05) is 0 Å². The Morgan fingerprint density at radius 2 is 1.90 bits per heavy atom. The Balaban J connectivity index is 1.48. The average Bonchev–Trinajstić information content (AvgIpc) is 3.37. The summed E-state index contributed by atoms with van der Waals surface area (Å²) in [5, 5.41) is 12.1. The summed E-state index contributed by atoms with van der Waals surface area (Å²) in [6, 6.07) is 15.7. The first kappa shape index (κ1) is 20.7. The second-order valence-corrected chi connectivity index (χ2v) is 6.91. The number of alkyl halides is 2. The van der Waals surface area contributed by atoms with Crippen LogP contribution in [0.2, 0.25) is 0 Å². The number of hydrogen-bond acceptors (Lipinski definition) is 5. The first-order valence-electron chi connectivity index (χ1n) is 9.14. The maximum Gasteiger partial charge on any atom is 0.310 e. The molecule has 4 rings (SSSR count). The molecule has 0 bridgehead atoms. The van der Waals surface area contributed by atoms with Crippen molar-refractivity contribution in [3.05, 3.63) is 77.9 Å². The van der Waals surface area contributed by atoms with Crippen LogP contribution in [0.3, 0.4) is 0 Å². The van der Waals surface area contributed by atoms with E-state index in [-0.39, 0.29) is 17.4 Å². The monoisotopic (exact) mass is 436 g/mol. The topological polar surface area (TPSA) is 74.9 Å². The van der Waals surface area contributed by atoms with Gasteiger partial charge in [0.2, 0.25) is 5.72 Å². The minimum absolute atomic E-state index is 0.0545. The van der Waals surface area contributed by atoms with Gasteiger partial charge < -0.3 is 14.3 Å². The summed E-state index contributed by atoms with van der Waals surface area (Å²) in [5.74, 6) is -0.909. The van der Waals surface area contributed by atoms with E-state index < -0.39 is 42.0 Å². The summed E-state index contributed by atoms with van der Waals surface area (Å²) in [5.41, 5.74) is -2.27. The van der Waals surface area contributed by atoms with Gasteiger partial charge in [-0.3, -0.25) is 10.2 Å². The van der Waals surface area contributed by atoms with E-state index in [1.54, 1.807) is 6.07 Å². The molecule has 0 saturated carbocycles. The number of carbonyl (C=O) groups excluding carboxylic acids is 1. The van der Waals surface area contributed by atoms with Crippen LogP contribution in [0.15, 0.2) is 70.8 Å². The zero-order chi connectivity index (χ0) is 22.2. The van der Waals surface area contributed by atoms with Crippen LogP contribution < -0.4 is 10.2 Å². The van der Waals surface area contributed by atoms with E-state index in [0.717, 1.165) is 10.8 Å². The Bertz CT molecular complexity index is 1160. The minimum atomic E-state index is -3.49. The molecule has 1 amide bonds. The molecular weight excluding hydrogens is 420 g/mol. The zero-order valence-corrected chi connectivity index (χ0v) is 15.8. The number of ether oxygens (including phenoxy) is 1. The largest absolute Gasteiger partial charge is 0.486 e. The van der Waals surface area contributed by atoms with Crippen LogP contribution in [-0.2, 0) is 6.61 Å². The molecule has 1 fully saturated rings. The highest BCUT2D eigenvalue weighted by Crippen LogP contribution is 2.35. The summed E-state index contributed by atoms with van der Waals surface area (Å²) in [4.78, 5) is 12.5. The molecule has 0 spiro atoms. The normalized spacial score (nSPS) is 18.5. The van der Waals surface area contributed by atoms with Crippen LogP contribution in [-0.4, -0.2) is 28.2 Å². The summed E-state index contributed by atoms with van der Waals surface area (Å²) >= 11 is 0. The smallest absolute Gasteiger partial charge is 0.310 e. The number of rotatable bonds is 5. The first-order chi connectivity index (χ1) is 14.8. The lowest BCUT2D eigenvalue weighted by Gasteiger charge is -2.30. The molecule has 2 N–H and O–H groups in total. The number of furan rings is 1. The van der Waals surface area contributed by atoms with Gasteiger partial charge in [0.25, 0.3) is 12.5 Å². The lowest BCUT2D eigenvalue weighted by atomic mass is 10.1. The molecule has 1 saturated heterocycles. The lowest BCUT2D eigenvalue weighted by Crippen LogP contribution is -2.55. The fraction of sp³-hybridized carbons (Fsp3) is 0.190. The average molecular weight is 436 g/mol. The van der Waals surface area contributed by atoms with Gasteiger partial charge >= 0.3 is 5.91 Å². The number of aliphatic hydroxyl groups is 1. The Kier molecular flexibility index (Phi) is 5.32. The molecule has 1 aliphatic rings. The number of nitrogens with one attached hydrogen (secondary N) is 1. The zero-order valence-electron chi connectivity index (χ0n) is 15.8. The molecule has 1 aliphatic heterocycles. The van der Waals surface area contributed by atoms with Crippen molar-refractivity contribution in [1.82, 2.24) is 10.4 Å². The molecular formula is C21H16F4N2O4. The molecule has 10 heteroatoms. The number of hydrazine groups is 1. The molecule has 162 valence electrons. The van der Waals surface area contributed by atoms with Crippen molar-refractivity contribution in [3.8, 4) is 5.75 Å². The van der Waals surface area contributed by atoms with Gasteiger partial charge in [0.1, 0.15) is 23.8 Å². The highest BCUT2D eigenvalue weighted by atomic mass is 19.3. The third-order valence-electron chi connectivity index (χ3n) is 4.83. The minimum Gasteiger partial charge on any atom is -0.486 e. The van der Waals surface area contributed by atoms with Crippen molar-refractivity contribution in [2.75, 3.05) is 0 Å². The number of amides is 1. The number of carbonyl (C=O) groups is 1. The fourth-order valence-corrected chi connectivity index (χ4v) is 3.21. The maximum absolute atomic E-state index is 13.3. The summed E-state index contributed by atoms with van der Waals surface area (Å²) in [6.45, 7) is -0.0670. The second kappa shape index (κ2) is 7.95. The van der Waals surface area contributed by atoms with Crippen molar-refractivity contribution < 1.29 is 36.6 Å². The van der Waals surface area contributed by atoms with Gasteiger partial charge in [-0.05, 0) is 35.0 Å². The Hall–Kier alpha value is -3.53. The van der Waals surface area contributed by atoms with E-state index in [2.05, 4.69) is 0 Å². The summed E-state index contributed by atoms with van der Waals surface area (Å²) < 4.78 is 63.2. The predicted octanol–water partition coefficient (Wildman–Crippen LogP) is 4.42. The quantitative estimate of drug-likeness (QED) is 0.579. The van der Waals surface area contributed by atoms with Crippen LogP contribution in [0.25, 0.3) is 10.8 Å². The SMILES string of the molecule is O=C(c1ccc(COc2ccc3ccccc3c2)o1)N1NC(=C(F)F)CC1(O)C(F)F. The van der Waals surface area contributed by atoms with Crippen molar-refractivity contribution in [1.29, 1.82) is 0 Å². The van der Waals surface area contributed by atoms with Crippen LogP contribution in [0, 0.1) is 0 Å². The van der Waals surface area contributed by atoms with Crippen LogP contribution >= 0.6 is 0 Å². The van der Waals surface area contributed by atoms with Crippen LogP contribution in [0.4, 0.5) is 17.6 Å². The Morgan fingerprint density at radius 1 is 1.16 bits per heavy atom. The van der Waals surface area contributed by atoms with E-state index >= 15 is 0 Å². The number of benzene rings is 2. The van der Waals surface area contributed by atoms with Crippen LogP contribution in [0.5, 0.6) is 5.75 Å². The molecule has 2 heterocycles. The molecule has 2 aromatic carbocycles. The number of fused-ring (bicyclic) bond motifs is 1. The molecule has 1 unspecified atom stereocenters. The van der Waals surface area contributed by atoms with Gasteiger partial charge in [-0.1, -0.05) is 30.3 Å². The molecule has 1 atom stereocenters. The first-order valence-corrected chi connectivity index (χ1v) is 9.14. The number of nitrogens with zero attached hydrogens (tertiary/aromatic N) is 1. The molecule has 1 aromatic heterocycles. The molecule has 0 radical (unpaired) electrons. The van der Waals surface area contributed by atoms with E-state index in [1.165, 1.54) is 12.1 Å². The van der Waals surface area contributed by atoms with Crippen molar-refractivity contribution >= 4 is 16.7 Å². The standard InChI is InChI=1S/C21H16F4N2O4/c22-18(23)16-10-21(29,20(24)25)27(26-16)19(28)17-8-7-15(31-17)11-30-14-6-5-12-3-1-2-4-13(12)9-14/h1-9,20,26,29H,10-11H2. The lowest BCUT2D eigenvalue weighted by molar-refractivity contribution is -0.168. The Labute approximate surface area is 173 Å². The molecule has 3 aromatic rings. The summed E-state index contributed by atoms with van der Waals surface area (Å²) in [6.07, 6.45) is -6.94. The predicted molar refractivity (Wildman–Crippen MR) is 101 cm³/mol. The van der Waals surface area contributed by atoms with Crippen LogP contribution in [0.1, 0.15) is 22.7 Å². The number of halogens is 4. The number of hydrogen-bond donors (Lipinski definition) is 2. The molecule has 0 aliphatic carbocycles. The van der Waals surface area contributed by atoms with E-state index in [4.69, 9.17) is 9.15 Å². The van der Waals surface area contributed by atoms with Crippen molar-refractivity contribution in [2.45, 2.75) is 25.2 Å². The van der Waals surface area contributed by atoms with Gasteiger partial charge in [-0.25, -0.2) is 13.8 Å². The van der Waals surface area contributed by atoms with Gasteiger partial charge in [-0.15, -0.1) is 0 Å². The fourth-order valence-electron chi connectivity index (χ4n) is 3.21. The van der Waals surface area contributed by atoms with E-state index in [9.17, 15) is 27.5 Å². The van der Waals surface area contributed by atoms with Crippen molar-refractivity contribution in [2.24, 2.45) is 0 Å². The second-order valence-electron chi connectivity index (χ2n) is 6.91. The van der Waals surface area contributed by atoms with Crippen molar-refractivity contribution in [3.63, 3.8) is 0 Å². The third kappa shape index (κ3) is 3.93. The highest BCUT2D eigenvalue weighted by Gasteiger charge is 2.54. The van der Waals surface area contributed by atoms with Gasteiger partial charge in [0.15, 0.2) is 5.76 Å². The van der Waals surface area contributed by atoms with Gasteiger partial charge in [0.05, 0.1) is 6.42 Å². The molecule has 6 nitrogen and oxygen atoms in total. The highest BCUT2D eigenvalue weighted by molar-refractivity contribution is 5.92.